The second kappa shape index (κ2) is 6.57. The first kappa shape index (κ1) is 14.1. The van der Waals surface area contributed by atoms with E-state index in [-0.39, 0.29) is 12.2 Å². The number of nitrogens with two attached hydrogens (primary N) is 2. The van der Waals surface area contributed by atoms with Crippen molar-refractivity contribution in [3.63, 3.8) is 0 Å². The fourth-order valence-corrected chi connectivity index (χ4v) is 1.39. The summed E-state index contributed by atoms with van der Waals surface area (Å²) in [7, 11) is 0. The molecule has 0 aliphatic heterocycles. The van der Waals surface area contributed by atoms with Gasteiger partial charge in [0.15, 0.2) is 0 Å². The van der Waals surface area contributed by atoms with Crippen LogP contribution in [0.4, 0.5) is 0 Å². The SMILES string of the molecule is NC(=O)CC(S)C(NC(=O)CS)C(N)=O. The number of primary amides is 2. The van der Waals surface area contributed by atoms with Gasteiger partial charge in [-0.25, -0.2) is 0 Å². The van der Waals surface area contributed by atoms with E-state index >= 15 is 0 Å². The Kier molecular flexibility index (Phi) is 6.18. The monoisotopic (exact) mass is 251 g/mol. The normalized spacial score (nSPS) is 14.0. The lowest BCUT2D eigenvalue weighted by molar-refractivity contribution is -0.126. The molecule has 0 saturated heterocycles. The van der Waals surface area contributed by atoms with Crippen LogP contribution in [0.3, 0.4) is 0 Å². The van der Waals surface area contributed by atoms with Crippen molar-refractivity contribution in [2.75, 3.05) is 5.75 Å². The zero-order valence-corrected chi connectivity index (χ0v) is 9.63. The molecule has 0 aromatic heterocycles. The summed E-state index contributed by atoms with van der Waals surface area (Å²) >= 11 is 7.69. The fraction of sp³-hybridized carbons (Fsp3) is 0.571. The molecule has 0 fully saturated rings. The molecule has 8 heteroatoms. The van der Waals surface area contributed by atoms with Gasteiger partial charge in [0.05, 0.1) is 5.75 Å². The standard InChI is InChI=1S/C7H13N3O3S2/c8-4(11)1-3(15)6(7(9)13)10-5(12)2-14/h3,6,14-15H,1-2H2,(H2,8,11)(H2,9,13)(H,10,12). The van der Waals surface area contributed by atoms with E-state index in [0.29, 0.717) is 0 Å². The Morgan fingerprint density at radius 3 is 2.13 bits per heavy atom. The van der Waals surface area contributed by atoms with Gasteiger partial charge in [-0.15, -0.1) is 0 Å². The first-order chi connectivity index (χ1) is 6.88. The second-order valence-corrected chi connectivity index (χ2v) is 3.82. The molecule has 0 aliphatic rings. The van der Waals surface area contributed by atoms with Gasteiger partial charge in [0.25, 0.3) is 0 Å². The Morgan fingerprint density at radius 1 is 1.27 bits per heavy atom. The predicted molar refractivity (Wildman–Crippen MR) is 61.6 cm³/mol. The smallest absolute Gasteiger partial charge is 0.241 e. The highest BCUT2D eigenvalue weighted by Crippen LogP contribution is 2.07. The number of hydrogen-bond acceptors (Lipinski definition) is 5. The third-order valence-corrected chi connectivity index (χ3v) is 2.33. The van der Waals surface area contributed by atoms with Crippen molar-refractivity contribution in [1.82, 2.24) is 5.32 Å². The van der Waals surface area contributed by atoms with E-state index in [2.05, 4.69) is 30.6 Å². The fourth-order valence-electron chi connectivity index (χ4n) is 0.900. The van der Waals surface area contributed by atoms with Crippen molar-refractivity contribution in [2.45, 2.75) is 17.7 Å². The van der Waals surface area contributed by atoms with Gasteiger partial charge in [-0.05, 0) is 0 Å². The van der Waals surface area contributed by atoms with Crippen molar-refractivity contribution in [2.24, 2.45) is 11.5 Å². The lowest BCUT2D eigenvalue weighted by Crippen LogP contribution is -2.51. The molecule has 0 spiro atoms. The first-order valence-electron chi connectivity index (χ1n) is 4.04. The highest BCUT2D eigenvalue weighted by molar-refractivity contribution is 7.81. The number of thiol groups is 2. The number of carbonyl (C=O) groups excluding carboxylic acids is 3. The van der Waals surface area contributed by atoms with Gasteiger partial charge in [-0.2, -0.15) is 25.3 Å². The van der Waals surface area contributed by atoms with Crippen molar-refractivity contribution in [3.05, 3.63) is 0 Å². The number of amides is 3. The Bertz CT molecular complexity index is 272. The van der Waals surface area contributed by atoms with Crippen LogP contribution in [0.2, 0.25) is 0 Å². The Labute approximate surface area is 98.0 Å². The van der Waals surface area contributed by atoms with E-state index in [4.69, 9.17) is 11.5 Å². The third-order valence-electron chi connectivity index (χ3n) is 1.56. The van der Waals surface area contributed by atoms with Crippen molar-refractivity contribution in [3.8, 4) is 0 Å². The molecule has 86 valence electrons. The van der Waals surface area contributed by atoms with Gasteiger partial charge < -0.3 is 16.8 Å². The molecule has 2 unspecified atom stereocenters. The van der Waals surface area contributed by atoms with Crippen LogP contribution < -0.4 is 16.8 Å². The van der Waals surface area contributed by atoms with Crippen LogP contribution in [0, 0.1) is 0 Å². The molecular weight excluding hydrogens is 238 g/mol. The van der Waals surface area contributed by atoms with E-state index in [0.717, 1.165) is 0 Å². The van der Waals surface area contributed by atoms with Crippen LogP contribution in [-0.2, 0) is 14.4 Å². The summed E-state index contributed by atoms with van der Waals surface area (Å²) < 4.78 is 0. The molecule has 0 radical (unpaired) electrons. The summed E-state index contributed by atoms with van der Waals surface area (Å²) in [4.78, 5) is 32.5. The maximum absolute atomic E-state index is 11.0. The van der Waals surface area contributed by atoms with Gasteiger partial charge in [-0.1, -0.05) is 0 Å². The molecule has 0 aliphatic carbocycles. The van der Waals surface area contributed by atoms with Gasteiger partial charge in [0.2, 0.25) is 17.7 Å². The van der Waals surface area contributed by atoms with Gasteiger partial charge >= 0.3 is 0 Å². The van der Waals surface area contributed by atoms with E-state index in [1.54, 1.807) is 0 Å². The number of carbonyl (C=O) groups is 3. The molecule has 2 atom stereocenters. The summed E-state index contributed by atoms with van der Waals surface area (Å²) in [5, 5.41) is 1.56. The Balaban J connectivity index is 4.44. The van der Waals surface area contributed by atoms with Crippen LogP contribution in [0.15, 0.2) is 0 Å². The van der Waals surface area contributed by atoms with Crippen LogP contribution in [0.1, 0.15) is 6.42 Å². The van der Waals surface area contributed by atoms with Crippen molar-refractivity contribution < 1.29 is 14.4 Å². The first-order valence-corrected chi connectivity index (χ1v) is 5.19. The van der Waals surface area contributed by atoms with E-state index < -0.39 is 29.0 Å². The largest absolute Gasteiger partial charge is 0.370 e. The topological polar surface area (TPSA) is 115 Å². The zero-order chi connectivity index (χ0) is 12.0. The maximum atomic E-state index is 11.0. The van der Waals surface area contributed by atoms with Crippen molar-refractivity contribution >= 4 is 43.0 Å². The molecule has 5 N–H and O–H groups in total. The predicted octanol–water partition coefficient (Wildman–Crippen LogP) is -1.94. The average Bonchev–Trinajstić information content (AvgIpc) is 2.11. The summed E-state index contributed by atoms with van der Waals surface area (Å²) in [5.74, 6) is -1.95. The minimum atomic E-state index is -1.03. The highest BCUT2D eigenvalue weighted by atomic mass is 32.1. The molecule has 3 amide bonds. The molecule has 0 saturated carbocycles. The average molecular weight is 251 g/mol. The molecule has 0 heterocycles. The zero-order valence-electron chi connectivity index (χ0n) is 7.84. The molecular formula is C7H13N3O3S2. The Morgan fingerprint density at radius 2 is 1.80 bits per heavy atom. The number of nitrogens with one attached hydrogen (secondary N) is 1. The molecule has 6 nitrogen and oxygen atoms in total. The summed E-state index contributed by atoms with van der Waals surface area (Å²) in [5.41, 5.74) is 9.96. The van der Waals surface area contributed by atoms with Crippen LogP contribution in [-0.4, -0.2) is 34.8 Å². The number of rotatable bonds is 6. The van der Waals surface area contributed by atoms with E-state index in [9.17, 15) is 14.4 Å². The van der Waals surface area contributed by atoms with Crippen LogP contribution in [0.5, 0.6) is 0 Å². The summed E-state index contributed by atoms with van der Waals surface area (Å²) in [6.07, 6.45) is -0.149. The highest BCUT2D eigenvalue weighted by Gasteiger charge is 2.26. The van der Waals surface area contributed by atoms with Gasteiger partial charge in [0, 0.05) is 11.7 Å². The lowest BCUT2D eigenvalue weighted by Gasteiger charge is -2.20. The molecule has 15 heavy (non-hydrogen) atoms. The van der Waals surface area contributed by atoms with Crippen LogP contribution >= 0.6 is 25.3 Å². The minimum absolute atomic E-state index is 0.0825. The summed E-state index contributed by atoms with van der Waals surface area (Å²) in [6, 6.07) is -1.03. The number of hydrogen-bond donors (Lipinski definition) is 5. The molecule has 0 aromatic carbocycles. The van der Waals surface area contributed by atoms with Gasteiger partial charge in [0.1, 0.15) is 6.04 Å². The van der Waals surface area contributed by atoms with Gasteiger partial charge in [-0.3, -0.25) is 14.4 Å². The van der Waals surface area contributed by atoms with Crippen LogP contribution in [0.25, 0.3) is 0 Å². The maximum Gasteiger partial charge on any atom is 0.241 e. The van der Waals surface area contributed by atoms with Crippen molar-refractivity contribution in [1.29, 1.82) is 0 Å². The molecule has 0 rings (SSSR count). The second-order valence-electron chi connectivity index (χ2n) is 2.84. The summed E-state index contributed by atoms with van der Waals surface area (Å²) in [6.45, 7) is 0. The quantitative estimate of drug-likeness (QED) is 0.354. The third kappa shape index (κ3) is 5.53. The Hall–Kier alpha value is -0.890. The molecule has 0 bridgehead atoms. The van der Waals surface area contributed by atoms with E-state index in [1.165, 1.54) is 0 Å². The van der Waals surface area contributed by atoms with E-state index in [1.807, 2.05) is 0 Å². The lowest BCUT2D eigenvalue weighted by atomic mass is 10.1. The molecule has 0 aromatic rings. The minimum Gasteiger partial charge on any atom is -0.370 e.